The van der Waals surface area contributed by atoms with E-state index in [9.17, 15) is 9.00 Å². The molecule has 0 saturated carbocycles. The highest BCUT2D eigenvalue weighted by molar-refractivity contribution is 7.92. The molecule has 0 aliphatic carbocycles. The lowest BCUT2D eigenvalue weighted by Gasteiger charge is -2.05. The zero-order chi connectivity index (χ0) is 10.8. The molecule has 0 spiro atoms. The van der Waals surface area contributed by atoms with Gasteiger partial charge in [0.2, 0.25) is 0 Å². The van der Waals surface area contributed by atoms with E-state index in [2.05, 4.69) is 4.98 Å². The number of hydrogen-bond acceptors (Lipinski definition) is 4. The highest BCUT2D eigenvalue weighted by Gasteiger charge is 2.18. The number of carboxylic acids is 1. The Morgan fingerprint density at radius 3 is 2.86 bits per heavy atom. The topological polar surface area (TPSA) is 91.1 Å². The fraction of sp³-hybridized carbons (Fsp3) is 0.250. The summed E-state index contributed by atoms with van der Waals surface area (Å²) in [5.41, 5.74) is -0.158. The summed E-state index contributed by atoms with van der Waals surface area (Å²) in [4.78, 5) is 14.4. The van der Waals surface area contributed by atoms with Crippen LogP contribution in [-0.4, -0.2) is 26.0 Å². The molecule has 0 radical (unpaired) electrons. The summed E-state index contributed by atoms with van der Waals surface area (Å²) in [5, 5.41) is 8.63. The molecule has 0 amide bonds. The molecule has 1 aromatic rings. The molecule has 76 valence electrons. The van der Waals surface area contributed by atoms with Crippen molar-refractivity contribution < 1.29 is 14.1 Å². The summed E-state index contributed by atoms with van der Waals surface area (Å²) >= 11 is 0. The van der Waals surface area contributed by atoms with Crippen LogP contribution in [-0.2, 0) is 9.73 Å². The van der Waals surface area contributed by atoms with E-state index in [0.717, 1.165) is 0 Å². The monoisotopic (exact) mass is 214 g/mol. The number of pyridine rings is 1. The van der Waals surface area contributed by atoms with Gasteiger partial charge in [-0.1, -0.05) is 6.92 Å². The minimum absolute atomic E-state index is 0.0598. The zero-order valence-corrected chi connectivity index (χ0v) is 8.37. The second kappa shape index (κ2) is 3.75. The number of nitrogens with zero attached hydrogens (tertiary/aromatic N) is 1. The van der Waals surface area contributed by atoms with E-state index >= 15 is 0 Å². The molecule has 2 N–H and O–H groups in total. The van der Waals surface area contributed by atoms with Gasteiger partial charge in [-0.3, -0.25) is 0 Å². The number of carboxylic acid groups (broad SMARTS) is 1. The average molecular weight is 214 g/mol. The van der Waals surface area contributed by atoms with Crippen LogP contribution in [0, 0.1) is 4.78 Å². The van der Waals surface area contributed by atoms with Crippen LogP contribution in [0.2, 0.25) is 0 Å². The standard InChI is InChI=1S/C8H10N2O3S/c1-2-14(9,13)7-6(8(11)12)4-3-5-10-7/h3-5,9H,2H2,1H3,(H,11,12). The molecule has 6 heteroatoms. The van der Waals surface area contributed by atoms with Crippen molar-refractivity contribution in [3.8, 4) is 0 Å². The first-order valence-corrected chi connectivity index (χ1v) is 5.66. The number of carbonyl (C=O) groups is 1. The molecule has 0 saturated heterocycles. The average Bonchev–Trinajstić information content (AvgIpc) is 2.18. The Kier molecular flexibility index (Phi) is 2.85. The van der Waals surface area contributed by atoms with Gasteiger partial charge in [0.05, 0.1) is 15.3 Å². The van der Waals surface area contributed by atoms with E-state index in [1.807, 2.05) is 0 Å². The van der Waals surface area contributed by atoms with Gasteiger partial charge in [-0.15, -0.1) is 0 Å². The summed E-state index contributed by atoms with van der Waals surface area (Å²) in [7, 11) is -3.07. The largest absolute Gasteiger partial charge is 0.478 e. The fourth-order valence-electron chi connectivity index (χ4n) is 0.953. The number of aromatic nitrogens is 1. The number of hydrogen-bond donors (Lipinski definition) is 2. The van der Waals surface area contributed by atoms with Crippen LogP contribution in [0.3, 0.4) is 0 Å². The molecule has 0 aromatic carbocycles. The van der Waals surface area contributed by atoms with Crippen LogP contribution in [0.1, 0.15) is 17.3 Å². The van der Waals surface area contributed by atoms with E-state index in [1.54, 1.807) is 6.92 Å². The van der Waals surface area contributed by atoms with Gasteiger partial charge in [-0.25, -0.2) is 18.8 Å². The first-order chi connectivity index (χ1) is 6.49. The van der Waals surface area contributed by atoms with Crippen LogP contribution in [0.15, 0.2) is 23.4 Å². The van der Waals surface area contributed by atoms with Crippen molar-refractivity contribution in [2.45, 2.75) is 11.9 Å². The quantitative estimate of drug-likeness (QED) is 0.791. The molecule has 1 unspecified atom stereocenters. The van der Waals surface area contributed by atoms with Crippen LogP contribution in [0.25, 0.3) is 0 Å². The van der Waals surface area contributed by atoms with Gasteiger partial charge in [-0.2, -0.15) is 0 Å². The number of nitrogens with one attached hydrogen (secondary N) is 1. The zero-order valence-electron chi connectivity index (χ0n) is 7.56. The van der Waals surface area contributed by atoms with Gasteiger partial charge in [0.25, 0.3) is 0 Å². The van der Waals surface area contributed by atoms with Crippen LogP contribution < -0.4 is 0 Å². The van der Waals surface area contributed by atoms with Crippen molar-refractivity contribution in [1.29, 1.82) is 4.78 Å². The van der Waals surface area contributed by atoms with E-state index in [-0.39, 0.29) is 16.3 Å². The lowest BCUT2D eigenvalue weighted by molar-refractivity contribution is 0.0692. The molecule has 5 nitrogen and oxygen atoms in total. The molecule has 1 atom stereocenters. The maximum absolute atomic E-state index is 11.6. The molecular weight excluding hydrogens is 204 g/mol. The second-order valence-corrected chi connectivity index (χ2v) is 4.94. The van der Waals surface area contributed by atoms with Gasteiger partial charge in [-0.05, 0) is 12.1 Å². The van der Waals surface area contributed by atoms with Gasteiger partial charge < -0.3 is 5.11 Å². The molecule has 1 rings (SSSR count). The van der Waals surface area contributed by atoms with E-state index in [1.165, 1.54) is 18.3 Å². The highest BCUT2D eigenvalue weighted by Crippen LogP contribution is 2.14. The Hall–Kier alpha value is -1.43. The Morgan fingerprint density at radius 2 is 2.36 bits per heavy atom. The van der Waals surface area contributed by atoms with Crippen molar-refractivity contribution >= 4 is 15.7 Å². The molecule has 1 aromatic heterocycles. The van der Waals surface area contributed by atoms with Gasteiger partial charge in [0.15, 0.2) is 0 Å². The minimum atomic E-state index is -3.07. The molecule has 0 aliphatic rings. The van der Waals surface area contributed by atoms with Crippen LogP contribution >= 0.6 is 0 Å². The highest BCUT2D eigenvalue weighted by atomic mass is 32.2. The Labute approximate surface area is 81.8 Å². The first kappa shape index (κ1) is 10.6. The maximum Gasteiger partial charge on any atom is 0.338 e. The predicted octanol–water partition coefficient (Wildman–Crippen LogP) is 1.21. The van der Waals surface area contributed by atoms with Crippen molar-refractivity contribution in [3.05, 3.63) is 23.9 Å². The van der Waals surface area contributed by atoms with Gasteiger partial charge in [0.1, 0.15) is 5.03 Å². The Morgan fingerprint density at radius 1 is 1.71 bits per heavy atom. The molecule has 0 fully saturated rings. The van der Waals surface area contributed by atoms with Crippen molar-refractivity contribution in [1.82, 2.24) is 4.98 Å². The SMILES string of the molecule is CCS(=N)(=O)c1ncccc1C(=O)O. The van der Waals surface area contributed by atoms with Gasteiger partial charge in [0, 0.05) is 11.9 Å². The van der Waals surface area contributed by atoms with Gasteiger partial charge >= 0.3 is 5.97 Å². The van der Waals surface area contributed by atoms with Crippen molar-refractivity contribution in [2.24, 2.45) is 0 Å². The molecular formula is C8H10N2O3S. The van der Waals surface area contributed by atoms with Crippen LogP contribution in [0.5, 0.6) is 0 Å². The third-order valence-electron chi connectivity index (χ3n) is 1.72. The smallest absolute Gasteiger partial charge is 0.338 e. The third-order valence-corrected chi connectivity index (χ3v) is 3.48. The van der Waals surface area contributed by atoms with E-state index in [4.69, 9.17) is 9.89 Å². The first-order valence-electron chi connectivity index (χ1n) is 3.94. The summed E-state index contributed by atoms with van der Waals surface area (Å²) in [5.74, 6) is -1.15. The molecule has 0 aliphatic heterocycles. The second-order valence-electron chi connectivity index (χ2n) is 2.63. The maximum atomic E-state index is 11.6. The summed E-state index contributed by atoms with van der Waals surface area (Å²) in [6, 6.07) is 2.74. The Bertz CT molecular complexity index is 453. The minimum Gasteiger partial charge on any atom is -0.478 e. The lowest BCUT2D eigenvalue weighted by Crippen LogP contribution is -2.11. The van der Waals surface area contributed by atoms with E-state index in [0.29, 0.717) is 0 Å². The summed E-state index contributed by atoms with van der Waals surface area (Å²) in [6.07, 6.45) is 1.34. The summed E-state index contributed by atoms with van der Waals surface area (Å²) in [6.45, 7) is 1.57. The molecule has 14 heavy (non-hydrogen) atoms. The number of aromatic carboxylic acids is 1. The fourth-order valence-corrected chi connectivity index (χ4v) is 1.97. The van der Waals surface area contributed by atoms with Crippen molar-refractivity contribution in [2.75, 3.05) is 5.75 Å². The van der Waals surface area contributed by atoms with Crippen LogP contribution in [0.4, 0.5) is 0 Å². The lowest BCUT2D eigenvalue weighted by atomic mass is 10.3. The third kappa shape index (κ3) is 1.90. The predicted molar refractivity (Wildman–Crippen MR) is 50.9 cm³/mol. The van der Waals surface area contributed by atoms with Crippen molar-refractivity contribution in [3.63, 3.8) is 0 Å². The molecule has 1 heterocycles. The Balaban J connectivity index is 3.42. The molecule has 0 bridgehead atoms. The van der Waals surface area contributed by atoms with E-state index < -0.39 is 15.7 Å². The summed E-state index contributed by atoms with van der Waals surface area (Å²) < 4.78 is 19.1. The number of rotatable bonds is 3. The normalized spacial score (nSPS) is 14.6.